The Balaban J connectivity index is 1.25. The van der Waals surface area contributed by atoms with Gasteiger partial charge in [-0.1, -0.05) is 12.1 Å². The molecule has 1 N–H and O–H groups in total. The van der Waals surface area contributed by atoms with Crippen LogP contribution in [-0.4, -0.2) is 100 Å². The fourth-order valence-electron chi connectivity index (χ4n) is 4.81. The molecule has 0 radical (unpaired) electrons. The molecule has 216 valence electrons. The minimum Gasteiger partial charge on any atom is -0.492 e. The van der Waals surface area contributed by atoms with E-state index in [1.807, 2.05) is 4.90 Å². The first-order chi connectivity index (χ1) is 20.1. The summed E-state index contributed by atoms with van der Waals surface area (Å²) < 4.78 is 46.3. The summed E-state index contributed by atoms with van der Waals surface area (Å²) in [5.74, 6) is 0.727. The number of imidazole rings is 1. The number of pyridine rings is 1. The van der Waals surface area contributed by atoms with Crippen LogP contribution in [0.3, 0.4) is 0 Å². The van der Waals surface area contributed by atoms with Crippen LogP contribution >= 0.6 is 0 Å². The second kappa shape index (κ2) is 12.7. The van der Waals surface area contributed by atoms with Gasteiger partial charge in [-0.05, 0) is 18.6 Å². The van der Waals surface area contributed by atoms with E-state index >= 15 is 0 Å². The number of halogens is 2. The summed E-state index contributed by atoms with van der Waals surface area (Å²) in [6.07, 6.45) is 1.31. The molecule has 1 aromatic carbocycles. The van der Waals surface area contributed by atoms with E-state index in [0.29, 0.717) is 61.3 Å². The first-order valence-corrected chi connectivity index (χ1v) is 13.6. The van der Waals surface area contributed by atoms with E-state index in [-0.39, 0.29) is 11.9 Å². The second-order valence-electron chi connectivity index (χ2n) is 9.64. The van der Waals surface area contributed by atoms with E-state index < -0.39 is 12.2 Å². The highest BCUT2D eigenvalue weighted by atomic mass is 19.3. The molecular formula is C27H31F2N9O3. The molecule has 0 unspecified atom stereocenters. The number of hydrogen-bond acceptors (Lipinski definition) is 11. The largest absolute Gasteiger partial charge is 0.492 e. The summed E-state index contributed by atoms with van der Waals surface area (Å²) in [5.41, 5.74) is 1.49. The third kappa shape index (κ3) is 6.50. The molecule has 2 aliphatic heterocycles. The Morgan fingerprint density at radius 2 is 1.66 bits per heavy atom. The molecule has 0 bridgehead atoms. The van der Waals surface area contributed by atoms with E-state index in [2.05, 4.69) is 35.1 Å². The first kappa shape index (κ1) is 27.2. The topological polar surface area (TPSA) is 116 Å². The molecule has 6 rings (SSSR count). The van der Waals surface area contributed by atoms with Crippen LogP contribution < -0.4 is 15.0 Å². The zero-order chi connectivity index (χ0) is 28.0. The Labute approximate surface area is 235 Å². The van der Waals surface area contributed by atoms with Gasteiger partial charge in [0.1, 0.15) is 5.75 Å². The number of aromatic nitrogens is 6. The van der Waals surface area contributed by atoms with Gasteiger partial charge in [-0.25, -0.2) is 13.8 Å². The number of ether oxygens (including phenoxy) is 3. The van der Waals surface area contributed by atoms with Crippen molar-refractivity contribution in [2.45, 2.75) is 12.8 Å². The number of para-hydroxylation sites is 2. The van der Waals surface area contributed by atoms with Crippen molar-refractivity contribution in [3.8, 4) is 11.7 Å². The van der Waals surface area contributed by atoms with Crippen LogP contribution in [0.15, 0.2) is 42.7 Å². The molecule has 0 saturated carbocycles. The average Bonchev–Trinajstić information content (AvgIpc) is 3.41. The molecule has 3 aromatic heterocycles. The number of benzene rings is 1. The molecule has 2 saturated heterocycles. The van der Waals surface area contributed by atoms with Crippen molar-refractivity contribution in [2.24, 2.45) is 0 Å². The lowest BCUT2D eigenvalue weighted by molar-refractivity contribution is 0.0358. The Morgan fingerprint density at radius 3 is 2.46 bits per heavy atom. The van der Waals surface area contributed by atoms with Crippen LogP contribution in [0.5, 0.6) is 5.75 Å². The Morgan fingerprint density at radius 1 is 0.902 bits per heavy atom. The zero-order valence-electron chi connectivity index (χ0n) is 22.5. The van der Waals surface area contributed by atoms with Gasteiger partial charge in [0.05, 0.1) is 62.1 Å². The maximum absolute atomic E-state index is 14.1. The van der Waals surface area contributed by atoms with Gasteiger partial charge in [0.15, 0.2) is 5.82 Å². The number of nitrogens with zero attached hydrogens (tertiary/aromatic N) is 8. The van der Waals surface area contributed by atoms with Crippen LogP contribution in [0, 0.1) is 0 Å². The molecule has 0 amide bonds. The van der Waals surface area contributed by atoms with Gasteiger partial charge < -0.3 is 24.4 Å². The number of anilines is 3. The quantitative estimate of drug-likeness (QED) is 0.285. The van der Waals surface area contributed by atoms with Gasteiger partial charge in [0, 0.05) is 38.8 Å². The summed E-state index contributed by atoms with van der Waals surface area (Å²) in [7, 11) is 0. The molecule has 2 aliphatic rings. The van der Waals surface area contributed by atoms with Gasteiger partial charge in [0.25, 0.3) is 6.43 Å². The van der Waals surface area contributed by atoms with Crippen LogP contribution in [0.2, 0.25) is 0 Å². The van der Waals surface area contributed by atoms with Crippen LogP contribution in [0.1, 0.15) is 18.7 Å². The second-order valence-corrected chi connectivity index (χ2v) is 9.64. The summed E-state index contributed by atoms with van der Waals surface area (Å²) in [6, 6.07) is 8.70. The van der Waals surface area contributed by atoms with E-state index in [0.717, 1.165) is 39.3 Å². The third-order valence-corrected chi connectivity index (χ3v) is 6.85. The third-order valence-electron chi connectivity index (χ3n) is 6.85. The molecular weight excluding hydrogens is 536 g/mol. The number of alkyl halides is 2. The SMILES string of the molecule is FC(F)c1nc2ccccc2n1-c1nc(Nc2cncc(OCCCN3CCOCC3)c2)nc(N2CCOCC2)n1. The van der Waals surface area contributed by atoms with Crippen molar-refractivity contribution in [3.05, 3.63) is 48.5 Å². The highest BCUT2D eigenvalue weighted by Crippen LogP contribution is 2.28. The minimum absolute atomic E-state index is 0.0384. The van der Waals surface area contributed by atoms with Crippen molar-refractivity contribution in [1.82, 2.24) is 34.4 Å². The lowest BCUT2D eigenvalue weighted by Gasteiger charge is -2.27. The maximum atomic E-state index is 14.1. The zero-order valence-corrected chi connectivity index (χ0v) is 22.5. The number of fused-ring (bicyclic) bond motifs is 1. The standard InChI is InChI=1S/C27H31F2N9O3/c28-23(29)24-32-21-4-1-2-5-22(21)38(24)27-34-25(33-26(35-27)37-9-14-40-15-10-37)31-19-16-20(18-30-17-19)41-11-3-6-36-7-12-39-13-8-36/h1-2,4-5,16-18,23H,3,6-15H2,(H,31,33,34,35). The Kier molecular flexibility index (Phi) is 8.39. The van der Waals surface area contributed by atoms with Crippen molar-refractivity contribution < 1.29 is 23.0 Å². The number of nitrogens with one attached hydrogen (secondary N) is 1. The number of morpholine rings is 2. The fourth-order valence-corrected chi connectivity index (χ4v) is 4.81. The van der Waals surface area contributed by atoms with E-state index in [9.17, 15) is 8.78 Å². The van der Waals surface area contributed by atoms with Gasteiger partial charge >= 0.3 is 0 Å². The Bertz CT molecular complexity index is 1460. The molecule has 0 spiro atoms. The lowest BCUT2D eigenvalue weighted by Crippen LogP contribution is -2.37. The summed E-state index contributed by atoms with van der Waals surface area (Å²) in [4.78, 5) is 26.4. The fraction of sp³-hybridized carbons (Fsp3) is 0.444. The van der Waals surface area contributed by atoms with Gasteiger partial charge in [-0.15, -0.1) is 0 Å². The van der Waals surface area contributed by atoms with Crippen molar-refractivity contribution in [3.63, 3.8) is 0 Å². The van der Waals surface area contributed by atoms with Gasteiger partial charge in [-0.2, -0.15) is 15.0 Å². The summed E-state index contributed by atoms with van der Waals surface area (Å²) in [6.45, 7) is 7.04. The van der Waals surface area contributed by atoms with Crippen LogP contribution in [-0.2, 0) is 9.47 Å². The predicted molar refractivity (Wildman–Crippen MR) is 147 cm³/mol. The van der Waals surface area contributed by atoms with Crippen molar-refractivity contribution >= 4 is 28.6 Å². The van der Waals surface area contributed by atoms with Crippen molar-refractivity contribution in [2.75, 3.05) is 76.0 Å². The average molecular weight is 568 g/mol. The molecule has 0 atom stereocenters. The highest BCUT2D eigenvalue weighted by Gasteiger charge is 2.24. The van der Waals surface area contributed by atoms with E-state index in [1.165, 1.54) is 4.57 Å². The number of hydrogen-bond donors (Lipinski definition) is 1. The van der Waals surface area contributed by atoms with E-state index in [4.69, 9.17) is 14.2 Å². The maximum Gasteiger partial charge on any atom is 0.296 e. The first-order valence-electron chi connectivity index (χ1n) is 13.6. The minimum atomic E-state index is -2.83. The van der Waals surface area contributed by atoms with Crippen LogP contribution in [0.25, 0.3) is 17.0 Å². The normalized spacial score (nSPS) is 16.4. The molecule has 4 aromatic rings. The lowest BCUT2D eigenvalue weighted by atomic mass is 10.3. The monoisotopic (exact) mass is 567 g/mol. The molecule has 5 heterocycles. The predicted octanol–water partition coefficient (Wildman–Crippen LogP) is 3.22. The molecule has 0 aliphatic carbocycles. The van der Waals surface area contributed by atoms with Crippen molar-refractivity contribution in [1.29, 1.82) is 0 Å². The van der Waals surface area contributed by atoms with Crippen LogP contribution in [0.4, 0.5) is 26.4 Å². The highest BCUT2D eigenvalue weighted by molar-refractivity contribution is 5.77. The van der Waals surface area contributed by atoms with E-state index in [1.54, 1.807) is 42.7 Å². The molecule has 12 nitrogen and oxygen atoms in total. The summed E-state index contributed by atoms with van der Waals surface area (Å²) >= 11 is 0. The van der Waals surface area contributed by atoms with Gasteiger partial charge in [0.2, 0.25) is 17.8 Å². The number of rotatable bonds is 10. The summed E-state index contributed by atoms with van der Waals surface area (Å²) in [5, 5.41) is 3.16. The van der Waals surface area contributed by atoms with Gasteiger partial charge in [-0.3, -0.25) is 14.5 Å². The molecule has 41 heavy (non-hydrogen) atoms. The Hall–Kier alpha value is -4.01. The molecule has 14 heteroatoms. The smallest absolute Gasteiger partial charge is 0.296 e. The molecule has 2 fully saturated rings.